The van der Waals surface area contributed by atoms with E-state index in [4.69, 9.17) is 9.84 Å². The molecule has 1 atom stereocenters. The van der Waals surface area contributed by atoms with Crippen LogP contribution in [-0.2, 0) is 4.74 Å². The van der Waals surface area contributed by atoms with E-state index in [9.17, 15) is 0 Å². The first-order chi connectivity index (χ1) is 7.64. The van der Waals surface area contributed by atoms with E-state index in [1.54, 1.807) is 0 Å². The quantitative estimate of drug-likeness (QED) is 0.540. The molecule has 1 aliphatic rings. The molecule has 96 valence electrons. The van der Waals surface area contributed by atoms with Crippen molar-refractivity contribution in [2.45, 2.75) is 52.0 Å². The molecule has 1 unspecified atom stereocenters. The number of hydrogen-bond acceptors (Lipinski definition) is 3. The van der Waals surface area contributed by atoms with Gasteiger partial charge in [-0.1, -0.05) is 20.3 Å². The summed E-state index contributed by atoms with van der Waals surface area (Å²) >= 11 is 0. The molecule has 0 heterocycles. The molecule has 3 heteroatoms. The summed E-state index contributed by atoms with van der Waals surface area (Å²) < 4.78 is 5.23. The van der Waals surface area contributed by atoms with Crippen molar-refractivity contribution >= 4 is 0 Å². The van der Waals surface area contributed by atoms with E-state index in [-0.39, 0.29) is 6.61 Å². The van der Waals surface area contributed by atoms with Gasteiger partial charge in [0.2, 0.25) is 0 Å². The summed E-state index contributed by atoms with van der Waals surface area (Å²) in [5, 5.41) is 12.1. The third-order valence-corrected chi connectivity index (χ3v) is 3.49. The molecule has 0 aliphatic heterocycles. The van der Waals surface area contributed by atoms with Crippen LogP contribution in [0.5, 0.6) is 0 Å². The summed E-state index contributed by atoms with van der Waals surface area (Å²) in [6, 6.07) is 0.666. The fourth-order valence-electron chi connectivity index (χ4n) is 2.37. The summed E-state index contributed by atoms with van der Waals surface area (Å²) in [7, 11) is 0. The molecular formula is C13H27NO2. The lowest BCUT2D eigenvalue weighted by Gasteiger charge is -2.22. The molecule has 0 spiro atoms. The fraction of sp³-hybridized carbons (Fsp3) is 1.00. The van der Waals surface area contributed by atoms with E-state index in [1.165, 1.54) is 32.1 Å². The van der Waals surface area contributed by atoms with Crippen molar-refractivity contribution in [3.63, 3.8) is 0 Å². The maximum atomic E-state index is 8.56. The number of hydrogen-bond donors (Lipinski definition) is 2. The second-order valence-electron chi connectivity index (χ2n) is 5.58. The average molecular weight is 229 g/mol. The molecule has 0 radical (unpaired) electrons. The normalized spacial score (nSPS) is 25.3. The van der Waals surface area contributed by atoms with E-state index in [2.05, 4.69) is 19.2 Å². The minimum atomic E-state index is 0.123. The van der Waals surface area contributed by atoms with Crippen LogP contribution in [-0.4, -0.2) is 37.5 Å². The smallest absolute Gasteiger partial charge is 0.0698 e. The first-order valence-electron chi connectivity index (χ1n) is 6.56. The Bertz CT molecular complexity index is 183. The second kappa shape index (κ2) is 7.25. The molecule has 1 rings (SSSR count). The first kappa shape index (κ1) is 13.9. The second-order valence-corrected chi connectivity index (χ2v) is 5.58. The van der Waals surface area contributed by atoms with Crippen LogP contribution in [0, 0.1) is 5.41 Å². The molecule has 1 fully saturated rings. The van der Waals surface area contributed by atoms with Gasteiger partial charge in [0.1, 0.15) is 0 Å². The Balaban J connectivity index is 2.08. The molecule has 3 nitrogen and oxygen atoms in total. The topological polar surface area (TPSA) is 41.5 Å². The Morgan fingerprint density at radius 3 is 2.81 bits per heavy atom. The zero-order valence-corrected chi connectivity index (χ0v) is 10.8. The molecule has 0 amide bonds. The highest BCUT2D eigenvalue weighted by Gasteiger charge is 2.23. The third kappa shape index (κ3) is 5.83. The summed E-state index contributed by atoms with van der Waals surface area (Å²) in [6.45, 7) is 6.95. The highest BCUT2D eigenvalue weighted by molar-refractivity contribution is 4.79. The van der Waals surface area contributed by atoms with Crippen LogP contribution in [0.1, 0.15) is 46.0 Å². The number of aliphatic hydroxyl groups is 1. The number of rotatable bonds is 6. The Kier molecular flexibility index (Phi) is 6.32. The zero-order chi connectivity index (χ0) is 11.9. The molecule has 16 heavy (non-hydrogen) atoms. The van der Waals surface area contributed by atoms with E-state index in [0.29, 0.717) is 24.7 Å². The van der Waals surface area contributed by atoms with Crippen molar-refractivity contribution in [1.29, 1.82) is 0 Å². The standard InChI is InChI=1S/C13H27NO2/c1-13(2)6-3-4-12(5-7-13)14-8-10-16-11-9-15/h12,14-15H,3-11H2,1-2H3. The van der Waals surface area contributed by atoms with Gasteiger partial charge in [-0.25, -0.2) is 0 Å². The highest BCUT2D eigenvalue weighted by Crippen LogP contribution is 2.33. The van der Waals surface area contributed by atoms with Crippen molar-refractivity contribution in [3.8, 4) is 0 Å². The first-order valence-corrected chi connectivity index (χ1v) is 6.56. The predicted octanol–water partition coefficient (Wildman–Crippen LogP) is 1.94. The summed E-state index contributed by atoms with van der Waals surface area (Å²) in [5.41, 5.74) is 0.532. The van der Waals surface area contributed by atoms with Crippen molar-refractivity contribution in [2.24, 2.45) is 5.41 Å². The lowest BCUT2D eigenvalue weighted by molar-refractivity contribution is 0.0922. The number of nitrogens with one attached hydrogen (secondary N) is 1. The van der Waals surface area contributed by atoms with Crippen LogP contribution in [0.2, 0.25) is 0 Å². The number of aliphatic hydroxyl groups excluding tert-OH is 1. The van der Waals surface area contributed by atoms with Gasteiger partial charge in [-0.2, -0.15) is 0 Å². The molecule has 1 saturated carbocycles. The molecular weight excluding hydrogens is 202 g/mol. The van der Waals surface area contributed by atoms with E-state index < -0.39 is 0 Å². The van der Waals surface area contributed by atoms with Crippen molar-refractivity contribution in [1.82, 2.24) is 5.32 Å². The van der Waals surface area contributed by atoms with E-state index >= 15 is 0 Å². The maximum absolute atomic E-state index is 8.56. The SMILES string of the molecule is CC1(C)CCCC(NCCOCCO)CC1. The Morgan fingerprint density at radius 2 is 2.06 bits per heavy atom. The van der Waals surface area contributed by atoms with Gasteiger partial charge in [-0.15, -0.1) is 0 Å². The van der Waals surface area contributed by atoms with Gasteiger partial charge in [0.25, 0.3) is 0 Å². The molecule has 1 aliphatic carbocycles. The van der Waals surface area contributed by atoms with Crippen molar-refractivity contribution in [3.05, 3.63) is 0 Å². The summed E-state index contributed by atoms with van der Waals surface area (Å²) in [6.07, 6.45) is 6.59. The van der Waals surface area contributed by atoms with Gasteiger partial charge < -0.3 is 15.2 Å². The van der Waals surface area contributed by atoms with Gasteiger partial charge in [0, 0.05) is 12.6 Å². The lowest BCUT2D eigenvalue weighted by atomic mass is 9.85. The van der Waals surface area contributed by atoms with Crippen LogP contribution in [0.4, 0.5) is 0 Å². The van der Waals surface area contributed by atoms with Crippen LogP contribution in [0.15, 0.2) is 0 Å². The average Bonchev–Trinajstić information content (AvgIpc) is 2.40. The molecule has 0 aromatic carbocycles. The lowest BCUT2D eigenvalue weighted by Crippen LogP contribution is -2.32. The zero-order valence-electron chi connectivity index (χ0n) is 10.8. The molecule has 0 saturated heterocycles. The van der Waals surface area contributed by atoms with Crippen LogP contribution in [0.3, 0.4) is 0 Å². The largest absolute Gasteiger partial charge is 0.394 e. The molecule has 0 aromatic rings. The summed E-state index contributed by atoms with van der Waals surface area (Å²) in [4.78, 5) is 0. The van der Waals surface area contributed by atoms with Crippen LogP contribution < -0.4 is 5.32 Å². The third-order valence-electron chi connectivity index (χ3n) is 3.49. The van der Waals surface area contributed by atoms with Crippen molar-refractivity contribution < 1.29 is 9.84 Å². The Hall–Kier alpha value is -0.120. The maximum Gasteiger partial charge on any atom is 0.0698 e. The Morgan fingerprint density at radius 1 is 1.25 bits per heavy atom. The Labute approximate surface area is 99.6 Å². The highest BCUT2D eigenvalue weighted by atomic mass is 16.5. The van der Waals surface area contributed by atoms with Gasteiger partial charge in [-0.05, 0) is 31.1 Å². The molecule has 0 bridgehead atoms. The molecule has 2 N–H and O–H groups in total. The van der Waals surface area contributed by atoms with E-state index in [1.807, 2.05) is 0 Å². The van der Waals surface area contributed by atoms with Gasteiger partial charge in [0.05, 0.1) is 19.8 Å². The molecule has 0 aromatic heterocycles. The van der Waals surface area contributed by atoms with Crippen molar-refractivity contribution in [2.75, 3.05) is 26.4 Å². The summed E-state index contributed by atoms with van der Waals surface area (Å²) in [5.74, 6) is 0. The minimum absolute atomic E-state index is 0.123. The monoisotopic (exact) mass is 229 g/mol. The van der Waals surface area contributed by atoms with Gasteiger partial charge >= 0.3 is 0 Å². The predicted molar refractivity (Wildman–Crippen MR) is 66.6 cm³/mol. The van der Waals surface area contributed by atoms with Crippen LogP contribution >= 0.6 is 0 Å². The number of ether oxygens (including phenoxy) is 1. The van der Waals surface area contributed by atoms with Gasteiger partial charge in [-0.3, -0.25) is 0 Å². The minimum Gasteiger partial charge on any atom is -0.394 e. The fourth-order valence-corrected chi connectivity index (χ4v) is 2.37. The van der Waals surface area contributed by atoms with Gasteiger partial charge in [0.15, 0.2) is 0 Å². The van der Waals surface area contributed by atoms with Crippen LogP contribution in [0.25, 0.3) is 0 Å². The van der Waals surface area contributed by atoms with E-state index in [0.717, 1.165) is 6.54 Å².